The Morgan fingerprint density at radius 3 is 2.13 bits per heavy atom. The van der Waals surface area contributed by atoms with E-state index in [2.05, 4.69) is 10.0 Å². The maximum atomic E-state index is 13.1. The van der Waals surface area contributed by atoms with Gasteiger partial charge in [0.05, 0.1) is 28.2 Å². The summed E-state index contributed by atoms with van der Waals surface area (Å²) in [6.45, 7) is 4.65. The molecule has 1 heterocycles. The largest absolute Gasteiger partial charge is 0.496 e. The molecule has 0 atom stereocenters. The average molecular weight is 558 g/mol. The van der Waals surface area contributed by atoms with Gasteiger partial charge in [0.25, 0.3) is 15.9 Å². The molecule has 1 aliphatic rings. The van der Waals surface area contributed by atoms with E-state index in [0.29, 0.717) is 24.5 Å². The number of nitrogens with zero attached hydrogens (tertiary/aromatic N) is 1. The second kappa shape index (κ2) is 11.1. The summed E-state index contributed by atoms with van der Waals surface area (Å²) in [4.78, 5) is 13.2. The van der Waals surface area contributed by atoms with E-state index in [1.165, 1.54) is 53.9 Å². The molecular weight excluding hydrogens is 526 g/mol. The van der Waals surface area contributed by atoms with Crippen LogP contribution in [0.1, 0.15) is 40.7 Å². The number of carbonyl (C=O) groups is 1. The van der Waals surface area contributed by atoms with Gasteiger partial charge in [-0.2, -0.15) is 4.31 Å². The fraction of sp³-hybridized carbons (Fsp3) is 0.296. The van der Waals surface area contributed by atoms with Gasteiger partial charge in [-0.3, -0.25) is 9.52 Å². The summed E-state index contributed by atoms with van der Waals surface area (Å²) in [5.74, 6) is -0.362. The van der Waals surface area contributed by atoms with Gasteiger partial charge in [-0.15, -0.1) is 0 Å². The third-order valence-electron chi connectivity index (χ3n) is 6.42. The molecule has 38 heavy (non-hydrogen) atoms. The highest BCUT2D eigenvalue weighted by Crippen LogP contribution is 2.28. The number of sulfonamides is 2. The topological polar surface area (TPSA) is 122 Å². The van der Waals surface area contributed by atoms with Gasteiger partial charge < -0.3 is 10.1 Å². The second-order valence-corrected chi connectivity index (χ2v) is 12.8. The number of anilines is 2. The van der Waals surface area contributed by atoms with Crippen molar-refractivity contribution in [1.29, 1.82) is 0 Å². The van der Waals surface area contributed by atoms with Crippen LogP contribution in [0.2, 0.25) is 0 Å². The van der Waals surface area contributed by atoms with Gasteiger partial charge >= 0.3 is 0 Å². The number of amides is 1. The van der Waals surface area contributed by atoms with Gasteiger partial charge in [0.1, 0.15) is 5.75 Å². The van der Waals surface area contributed by atoms with Crippen LogP contribution in [-0.4, -0.2) is 47.2 Å². The zero-order chi connectivity index (χ0) is 27.5. The van der Waals surface area contributed by atoms with E-state index in [1.54, 1.807) is 6.07 Å². The Labute approximate surface area is 223 Å². The minimum absolute atomic E-state index is 0.0178. The smallest absolute Gasteiger partial charge is 0.261 e. The molecular formula is C27H31N3O6S2. The summed E-state index contributed by atoms with van der Waals surface area (Å²) >= 11 is 0. The number of aryl methyl sites for hydroxylation is 2. The number of benzene rings is 3. The Bertz CT molecular complexity index is 1550. The number of methoxy groups -OCH3 is 1. The van der Waals surface area contributed by atoms with Crippen LogP contribution in [0.25, 0.3) is 0 Å². The van der Waals surface area contributed by atoms with E-state index in [1.807, 2.05) is 26.0 Å². The first-order valence-corrected chi connectivity index (χ1v) is 15.1. The fourth-order valence-corrected chi connectivity index (χ4v) is 7.00. The van der Waals surface area contributed by atoms with Crippen LogP contribution in [-0.2, 0) is 20.0 Å². The molecule has 9 nitrogen and oxygen atoms in total. The molecule has 0 bridgehead atoms. The predicted molar refractivity (Wildman–Crippen MR) is 147 cm³/mol. The number of piperidine rings is 1. The highest BCUT2D eigenvalue weighted by atomic mass is 32.2. The van der Waals surface area contributed by atoms with Crippen LogP contribution < -0.4 is 14.8 Å². The van der Waals surface area contributed by atoms with E-state index < -0.39 is 26.0 Å². The lowest BCUT2D eigenvalue weighted by Gasteiger charge is -2.26. The van der Waals surface area contributed by atoms with Crippen molar-refractivity contribution in [2.75, 3.05) is 30.2 Å². The number of ether oxygens (including phenoxy) is 1. The Kier molecular flexibility index (Phi) is 8.10. The van der Waals surface area contributed by atoms with E-state index in [-0.39, 0.29) is 21.1 Å². The van der Waals surface area contributed by atoms with Crippen molar-refractivity contribution >= 4 is 37.3 Å². The fourth-order valence-electron chi connectivity index (χ4n) is 4.33. The summed E-state index contributed by atoms with van der Waals surface area (Å²) in [5.41, 5.74) is 2.71. The third-order valence-corrected chi connectivity index (χ3v) is 9.69. The average Bonchev–Trinajstić information content (AvgIpc) is 2.90. The first-order valence-electron chi connectivity index (χ1n) is 12.2. The molecule has 0 aromatic heterocycles. The first kappa shape index (κ1) is 27.6. The maximum absolute atomic E-state index is 13.1. The molecule has 2 N–H and O–H groups in total. The molecule has 0 aliphatic carbocycles. The number of hydrogen-bond donors (Lipinski definition) is 2. The van der Waals surface area contributed by atoms with Crippen LogP contribution in [0.5, 0.6) is 5.75 Å². The summed E-state index contributed by atoms with van der Waals surface area (Å²) in [6.07, 6.45) is 2.59. The standard InChI is InChI=1S/C27H31N3O6S2/c1-19-7-13-25(20(2)17-19)29-37(32,33)22-10-8-21(9-11-22)28-27(31)24-18-23(12-14-26(24)36-3)38(34,35)30-15-5-4-6-16-30/h7-14,17-18,29H,4-6,15-16H2,1-3H3,(H,28,31). The molecule has 1 fully saturated rings. The Hall–Kier alpha value is -3.41. The minimum atomic E-state index is -3.84. The Balaban J connectivity index is 1.53. The number of hydrogen-bond acceptors (Lipinski definition) is 6. The zero-order valence-electron chi connectivity index (χ0n) is 21.5. The van der Waals surface area contributed by atoms with Crippen molar-refractivity contribution < 1.29 is 26.4 Å². The van der Waals surface area contributed by atoms with Crippen molar-refractivity contribution in [2.45, 2.75) is 42.9 Å². The Morgan fingerprint density at radius 2 is 1.50 bits per heavy atom. The van der Waals surface area contributed by atoms with Crippen LogP contribution >= 0.6 is 0 Å². The molecule has 0 radical (unpaired) electrons. The van der Waals surface area contributed by atoms with E-state index in [0.717, 1.165) is 30.4 Å². The van der Waals surface area contributed by atoms with Gasteiger partial charge in [0.2, 0.25) is 10.0 Å². The molecule has 4 rings (SSSR count). The summed E-state index contributed by atoms with van der Waals surface area (Å²) < 4.78 is 61.3. The molecule has 11 heteroatoms. The Morgan fingerprint density at radius 1 is 0.842 bits per heavy atom. The van der Waals surface area contributed by atoms with E-state index in [4.69, 9.17) is 4.74 Å². The maximum Gasteiger partial charge on any atom is 0.261 e. The van der Waals surface area contributed by atoms with Gasteiger partial charge in [-0.05, 0) is 80.8 Å². The van der Waals surface area contributed by atoms with Crippen LogP contribution in [0, 0.1) is 13.8 Å². The molecule has 1 saturated heterocycles. The molecule has 1 amide bonds. The molecule has 3 aromatic carbocycles. The lowest BCUT2D eigenvalue weighted by molar-refractivity contribution is 0.102. The van der Waals surface area contributed by atoms with Crippen molar-refractivity contribution in [1.82, 2.24) is 4.31 Å². The monoisotopic (exact) mass is 557 g/mol. The highest BCUT2D eigenvalue weighted by Gasteiger charge is 2.28. The lowest BCUT2D eigenvalue weighted by atomic mass is 10.1. The molecule has 0 unspecified atom stereocenters. The first-order chi connectivity index (χ1) is 18.0. The quantitative estimate of drug-likeness (QED) is 0.419. The summed E-state index contributed by atoms with van der Waals surface area (Å²) in [5, 5.41) is 2.69. The molecule has 1 aliphatic heterocycles. The SMILES string of the molecule is COc1ccc(S(=O)(=O)N2CCCCC2)cc1C(=O)Nc1ccc(S(=O)(=O)Nc2ccc(C)cc2C)cc1. The van der Waals surface area contributed by atoms with Crippen LogP contribution in [0.3, 0.4) is 0 Å². The summed E-state index contributed by atoms with van der Waals surface area (Å²) in [6, 6.07) is 15.3. The van der Waals surface area contributed by atoms with Gasteiger partial charge in [-0.25, -0.2) is 16.8 Å². The lowest BCUT2D eigenvalue weighted by Crippen LogP contribution is -2.35. The predicted octanol–water partition coefficient (Wildman–Crippen LogP) is 4.54. The van der Waals surface area contributed by atoms with Crippen molar-refractivity contribution in [2.24, 2.45) is 0 Å². The molecule has 202 valence electrons. The van der Waals surface area contributed by atoms with Gasteiger partial charge in [0, 0.05) is 18.8 Å². The van der Waals surface area contributed by atoms with Crippen molar-refractivity contribution in [3.05, 3.63) is 77.4 Å². The number of carbonyl (C=O) groups excluding carboxylic acids is 1. The normalized spacial score (nSPS) is 14.6. The van der Waals surface area contributed by atoms with E-state index in [9.17, 15) is 21.6 Å². The van der Waals surface area contributed by atoms with Crippen LogP contribution in [0.15, 0.2) is 70.5 Å². The van der Waals surface area contributed by atoms with Gasteiger partial charge in [-0.1, -0.05) is 24.1 Å². The number of rotatable bonds is 8. The van der Waals surface area contributed by atoms with Crippen molar-refractivity contribution in [3.8, 4) is 5.75 Å². The highest BCUT2D eigenvalue weighted by molar-refractivity contribution is 7.92. The third kappa shape index (κ3) is 6.01. The van der Waals surface area contributed by atoms with Gasteiger partial charge in [0.15, 0.2) is 0 Å². The zero-order valence-corrected chi connectivity index (χ0v) is 23.2. The second-order valence-electron chi connectivity index (χ2n) is 9.23. The number of nitrogens with one attached hydrogen (secondary N) is 2. The van der Waals surface area contributed by atoms with E-state index >= 15 is 0 Å². The summed E-state index contributed by atoms with van der Waals surface area (Å²) in [7, 11) is -6.19. The van der Waals surface area contributed by atoms with Crippen molar-refractivity contribution in [3.63, 3.8) is 0 Å². The molecule has 0 spiro atoms. The molecule has 3 aromatic rings. The minimum Gasteiger partial charge on any atom is -0.496 e. The molecule has 0 saturated carbocycles. The van der Waals surface area contributed by atoms with Crippen LogP contribution in [0.4, 0.5) is 11.4 Å².